The summed E-state index contributed by atoms with van der Waals surface area (Å²) in [6, 6.07) is 5.03. The topological polar surface area (TPSA) is 141 Å². The van der Waals surface area contributed by atoms with Crippen molar-refractivity contribution in [1.29, 1.82) is 0 Å². The Morgan fingerprint density at radius 3 is 1.11 bits per heavy atom. The summed E-state index contributed by atoms with van der Waals surface area (Å²) in [5.74, 6) is 1.20. The van der Waals surface area contributed by atoms with Crippen molar-refractivity contribution >= 4 is 11.7 Å². The van der Waals surface area contributed by atoms with Crippen molar-refractivity contribution in [3.05, 3.63) is 40.4 Å². The minimum atomic E-state index is -0.895. The Labute approximate surface area is 496 Å². The Bertz CT molecular complexity index is 1760. The van der Waals surface area contributed by atoms with Crippen LogP contribution >= 0.6 is 0 Å². The van der Waals surface area contributed by atoms with Gasteiger partial charge in [0.25, 0.3) is 5.91 Å². The summed E-state index contributed by atoms with van der Waals surface area (Å²) in [5, 5.41) is 22.7. The maximum atomic E-state index is 14.1. The van der Waals surface area contributed by atoms with Gasteiger partial charge in [0.1, 0.15) is 18.1 Å². The number of carbonyl (C=O) groups excluding carboxylic acids is 1. The number of carbonyl (C=O) groups is 1. The minimum absolute atomic E-state index is 0.0913. The molecule has 0 aliphatic carbocycles. The molecule has 3 atom stereocenters. The van der Waals surface area contributed by atoms with E-state index in [1.165, 1.54) is 280 Å². The Morgan fingerprint density at radius 1 is 0.506 bits per heavy atom. The molecule has 1 amide bonds. The average molecular weight is 1140 g/mol. The number of rotatable bonds is 58. The number of benzene rings is 1. The van der Waals surface area contributed by atoms with E-state index in [0.717, 1.165) is 38.5 Å². The van der Waals surface area contributed by atoms with Crippen LogP contribution in [0, 0.1) is 0 Å². The largest absolute Gasteiger partial charge is 0.490 e. The van der Waals surface area contributed by atoms with Crippen molar-refractivity contribution in [1.82, 2.24) is 9.55 Å². The van der Waals surface area contributed by atoms with Gasteiger partial charge in [-0.25, -0.2) is 4.79 Å². The third-order valence-electron chi connectivity index (χ3n) is 16.8. The van der Waals surface area contributed by atoms with Gasteiger partial charge in [0, 0.05) is 18.2 Å². The van der Waals surface area contributed by atoms with Gasteiger partial charge >= 0.3 is 5.69 Å². The van der Waals surface area contributed by atoms with Crippen LogP contribution in [0.2, 0.25) is 0 Å². The number of aliphatic hydroxyl groups is 2. The molecule has 0 unspecified atom stereocenters. The van der Waals surface area contributed by atoms with E-state index in [0.29, 0.717) is 42.6 Å². The second-order valence-electron chi connectivity index (χ2n) is 24.3. The third kappa shape index (κ3) is 36.3. The van der Waals surface area contributed by atoms with Gasteiger partial charge in [-0.15, -0.1) is 0 Å². The molecule has 1 aliphatic heterocycles. The van der Waals surface area contributed by atoms with Gasteiger partial charge in [-0.1, -0.05) is 310 Å². The first-order valence-corrected chi connectivity index (χ1v) is 34.8. The third-order valence-corrected chi connectivity index (χ3v) is 16.8. The minimum Gasteiger partial charge on any atom is -0.490 e. The number of hydrogen-bond acceptors (Lipinski definition) is 9. The van der Waals surface area contributed by atoms with E-state index in [1.807, 2.05) is 0 Å². The molecule has 1 aromatic heterocycles. The summed E-state index contributed by atoms with van der Waals surface area (Å²) in [5.41, 5.74) is -0.306. The van der Waals surface area contributed by atoms with Gasteiger partial charge in [0.05, 0.1) is 32.5 Å². The van der Waals surface area contributed by atoms with Crippen molar-refractivity contribution in [3.63, 3.8) is 0 Å². The molecule has 2 heterocycles. The summed E-state index contributed by atoms with van der Waals surface area (Å²) in [6.45, 7) is 8.05. The smallest absolute Gasteiger partial charge is 0.351 e. The highest BCUT2D eigenvalue weighted by Gasteiger charge is 2.35. The van der Waals surface area contributed by atoms with Gasteiger partial charge in [0.15, 0.2) is 11.5 Å². The van der Waals surface area contributed by atoms with Crippen LogP contribution in [0.3, 0.4) is 0 Å². The first-order valence-electron chi connectivity index (χ1n) is 34.8. The predicted molar refractivity (Wildman–Crippen MR) is 340 cm³/mol. The molecule has 81 heavy (non-hydrogen) atoms. The zero-order chi connectivity index (χ0) is 57.9. The highest BCUT2D eigenvalue weighted by atomic mass is 16.5. The van der Waals surface area contributed by atoms with Gasteiger partial charge in [-0.2, -0.15) is 4.98 Å². The number of anilines is 1. The number of aliphatic hydroxyl groups excluding tert-OH is 2. The Balaban J connectivity index is 1.59. The van der Waals surface area contributed by atoms with Crippen LogP contribution in [0.4, 0.5) is 5.82 Å². The van der Waals surface area contributed by atoms with Gasteiger partial charge < -0.3 is 34.5 Å². The number of nitrogens with zero attached hydrogens (tertiary/aromatic N) is 2. The standard InChI is InChI=1S/C70H125N3O8/c1-4-7-10-13-16-19-22-25-28-31-34-37-40-43-46-49-54-78-63-57-61(69(76)71-66-52-53-73(70(77)72-66)67-59-62(75)65(60-74)81-67)58-64(79-55-50-47-44-41-38-35-32-29-26-23-20-17-14-11-8-5-2)68(63)80-56-51-48-45-42-39-36-33-30-27-24-21-18-15-12-9-6-3/h52-53,57-58,62,65,67,74-75H,4-51,54-56,59-60H2,1-3H3,(H,71,72,76,77)/t62-,65+,67+/m0/s1. The summed E-state index contributed by atoms with van der Waals surface area (Å²) in [4.78, 5) is 31.4. The van der Waals surface area contributed by atoms with Gasteiger partial charge in [-0.3, -0.25) is 9.36 Å². The summed E-state index contributed by atoms with van der Waals surface area (Å²) >= 11 is 0. The molecule has 11 heteroatoms. The molecule has 3 N–H and O–H groups in total. The van der Waals surface area contributed by atoms with Gasteiger partial charge in [-0.05, 0) is 37.5 Å². The van der Waals surface area contributed by atoms with E-state index in [4.69, 9.17) is 18.9 Å². The number of unbranched alkanes of at least 4 members (excludes halogenated alkanes) is 45. The fourth-order valence-electron chi connectivity index (χ4n) is 11.5. The Hall–Kier alpha value is -3.15. The molecule has 3 rings (SSSR count). The monoisotopic (exact) mass is 1140 g/mol. The number of nitrogens with one attached hydrogen (secondary N) is 1. The Morgan fingerprint density at radius 2 is 0.815 bits per heavy atom. The zero-order valence-corrected chi connectivity index (χ0v) is 52.8. The maximum Gasteiger partial charge on any atom is 0.351 e. The highest BCUT2D eigenvalue weighted by molar-refractivity contribution is 6.04. The van der Waals surface area contributed by atoms with Crippen molar-refractivity contribution in [3.8, 4) is 17.2 Å². The van der Waals surface area contributed by atoms with Gasteiger partial charge in [0.2, 0.25) is 5.75 Å². The van der Waals surface area contributed by atoms with E-state index in [2.05, 4.69) is 31.1 Å². The van der Waals surface area contributed by atoms with E-state index >= 15 is 0 Å². The molecule has 0 spiro atoms. The van der Waals surface area contributed by atoms with E-state index < -0.39 is 30.0 Å². The van der Waals surface area contributed by atoms with E-state index in [1.54, 1.807) is 18.2 Å². The second-order valence-corrected chi connectivity index (χ2v) is 24.3. The maximum absolute atomic E-state index is 14.1. The molecule has 0 saturated carbocycles. The molecule has 11 nitrogen and oxygen atoms in total. The molecule has 468 valence electrons. The molecule has 2 aromatic rings. The van der Waals surface area contributed by atoms with Crippen molar-refractivity contribution in [2.45, 2.75) is 354 Å². The first-order chi connectivity index (χ1) is 39.9. The quantitative estimate of drug-likeness (QED) is 0.0552. The fourth-order valence-corrected chi connectivity index (χ4v) is 11.5. The fraction of sp³-hybridized carbons (Fsp3) is 0.843. The zero-order valence-electron chi connectivity index (χ0n) is 52.8. The molecule has 1 fully saturated rings. The predicted octanol–water partition coefficient (Wildman–Crippen LogP) is 20.1. The second kappa shape index (κ2) is 51.3. The van der Waals surface area contributed by atoms with Crippen molar-refractivity contribution in [2.75, 3.05) is 31.7 Å². The lowest BCUT2D eigenvalue weighted by Gasteiger charge is -2.19. The van der Waals surface area contributed by atoms with E-state index in [9.17, 15) is 19.8 Å². The molecule has 0 radical (unpaired) electrons. The molecular formula is C70H125N3O8. The molecular weight excluding hydrogens is 1010 g/mol. The highest BCUT2D eigenvalue weighted by Crippen LogP contribution is 2.40. The number of ether oxygens (including phenoxy) is 4. The van der Waals surface area contributed by atoms with Crippen LogP contribution in [0.1, 0.15) is 352 Å². The van der Waals surface area contributed by atoms with Crippen LogP contribution in [-0.4, -0.2) is 64.3 Å². The number of amides is 1. The van der Waals surface area contributed by atoms with Crippen molar-refractivity contribution < 1.29 is 34.0 Å². The van der Waals surface area contributed by atoms with E-state index in [-0.39, 0.29) is 18.8 Å². The van der Waals surface area contributed by atoms with Crippen LogP contribution < -0.4 is 25.2 Å². The number of hydrogen-bond donors (Lipinski definition) is 3. The number of aromatic nitrogens is 2. The van der Waals surface area contributed by atoms with Crippen LogP contribution in [0.5, 0.6) is 17.2 Å². The van der Waals surface area contributed by atoms with Crippen LogP contribution in [-0.2, 0) is 4.74 Å². The lowest BCUT2D eigenvalue weighted by atomic mass is 10.0. The Kier molecular flexibility index (Phi) is 45.7. The lowest BCUT2D eigenvalue weighted by molar-refractivity contribution is -0.0458. The summed E-state index contributed by atoms with van der Waals surface area (Å²) in [6.07, 6.45) is 61.8. The van der Waals surface area contributed by atoms with Crippen molar-refractivity contribution in [2.24, 2.45) is 0 Å². The molecule has 0 bridgehead atoms. The first kappa shape index (κ1) is 72.1. The van der Waals surface area contributed by atoms with Crippen LogP contribution in [0.25, 0.3) is 0 Å². The summed E-state index contributed by atoms with van der Waals surface area (Å²) < 4.78 is 26.7. The molecule has 1 aromatic carbocycles. The average Bonchev–Trinajstić information content (AvgIpc) is 4.12. The lowest BCUT2D eigenvalue weighted by Crippen LogP contribution is -2.28. The van der Waals surface area contributed by atoms with Crippen LogP contribution in [0.15, 0.2) is 29.2 Å². The molecule has 1 saturated heterocycles. The molecule has 1 aliphatic rings. The summed E-state index contributed by atoms with van der Waals surface area (Å²) in [7, 11) is 0. The SMILES string of the molecule is CCCCCCCCCCCCCCCCCCOc1cc(C(=O)Nc2ccn([C@H]3C[C@H](O)[C@@H](CO)O3)c(=O)n2)cc(OCCCCCCCCCCCCCCCCCC)c1OCCCCCCCCCCCCCCCCCC. The normalized spacial score (nSPS) is 15.2.